The molecule has 0 amide bonds. The lowest BCUT2D eigenvalue weighted by Gasteiger charge is -2.08. The Hall–Kier alpha value is -1.89. The highest BCUT2D eigenvalue weighted by Crippen LogP contribution is 2.17. The lowest BCUT2D eigenvalue weighted by atomic mass is 10.2. The van der Waals surface area contributed by atoms with Crippen molar-refractivity contribution in [3.05, 3.63) is 47.4 Å². The number of alkyl halides is 3. The van der Waals surface area contributed by atoms with Gasteiger partial charge in [-0.1, -0.05) is 12.1 Å². The van der Waals surface area contributed by atoms with E-state index in [4.69, 9.17) is 4.84 Å². The van der Waals surface area contributed by atoms with E-state index in [1.165, 1.54) is 31.2 Å². The molecule has 0 aromatic heterocycles. The Kier molecular flexibility index (Phi) is 5.05. The number of rotatable bonds is 5. The standard InChI is InChI=1S/C12H11F4NO2/c1-8(6-11(18)12(14,15)16)17-19-7-9-2-4-10(13)5-3-9/h2-6,17H,7H2,1H3. The van der Waals surface area contributed by atoms with Gasteiger partial charge in [0.2, 0.25) is 0 Å². The van der Waals surface area contributed by atoms with Crippen molar-refractivity contribution in [1.82, 2.24) is 5.48 Å². The molecule has 0 aliphatic rings. The Morgan fingerprint density at radius 3 is 2.42 bits per heavy atom. The number of carbonyl (C=O) groups excluding carboxylic acids is 1. The van der Waals surface area contributed by atoms with E-state index in [0.29, 0.717) is 11.6 Å². The van der Waals surface area contributed by atoms with E-state index in [9.17, 15) is 22.4 Å². The maximum Gasteiger partial charge on any atom is 0.454 e. The Labute approximate surface area is 106 Å². The number of allylic oxidation sites excluding steroid dienone is 2. The molecule has 1 aromatic rings. The van der Waals surface area contributed by atoms with Crippen LogP contribution in [0, 0.1) is 5.82 Å². The second-order valence-corrected chi connectivity index (χ2v) is 3.71. The summed E-state index contributed by atoms with van der Waals surface area (Å²) >= 11 is 0. The van der Waals surface area contributed by atoms with Gasteiger partial charge in [-0.25, -0.2) is 4.39 Å². The summed E-state index contributed by atoms with van der Waals surface area (Å²) < 4.78 is 48.4. The van der Waals surface area contributed by atoms with Crippen LogP contribution < -0.4 is 5.48 Å². The van der Waals surface area contributed by atoms with Gasteiger partial charge in [0.15, 0.2) is 0 Å². The first kappa shape index (κ1) is 15.2. The van der Waals surface area contributed by atoms with Crippen molar-refractivity contribution in [1.29, 1.82) is 0 Å². The van der Waals surface area contributed by atoms with E-state index < -0.39 is 17.8 Å². The summed E-state index contributed by atoms with van der Waals surface area (Å²) in [7, 11) is 0. The smallest absolute Gasteiger partial charge is 0.285 e. The molecule has 0 aliphatic carbocycles. The summed E-state index contributed by atoms with van der Waals surface area (Å²) in [5.74, 6) is -2.37. The number of nitrogens with one attached hydrogen (secondary N) is 1. The van der Waals surface area contributed by atoms with E-state index in [1.807, 2.05) is 0 Å². The van der Waals surface area contributed by atoms with Gasteiger partial charge in [-0.2, -0.15) is 13.2 Å². The molecule has 0 radical (unpaired) electrons. The molecule has 3 nitrogen and oxygen atoms in total. The molecule has 1 aromatic carbocycles. The normalized spacial score (nSPS) is 12.4. The first-order chi connectivity index (χ1) is 8.79. The second kappa shape index (κ2) is 6.33. The van der Waals surface area contributed by atoms with Crippen LogP contribution in [0.1, 0.15) is 12.5 Å². The molecule has 0 saturated heterocycles. The fraction of sp³-hybridized carbons (Fsp3) is 0.250. The predicted molar refractivity (Wildman–Crippen MR) is 59.1 cm³/mol. The summed E-state index contributed by atoms with van der Waals surface area (Å²) in [4.78, 5) is 15.5. The van der Waals surface area contributed by atoms with Gasteiger partial charge in [-0.3, -0.25) is 15.1 Å². The van der Waals surface area contributed by atoms with Crippen LogP contribution in [0.4, 0.5) is 17.6 Å². The third-order valence-electron chi connectivity index (χ3n) is 2.01. The number of hydrogen-bond donors (Lipinski definition) is 1. The van der Waals surface area contributed by atoms with Gasteiger partial charge in [0, 0.05) is 11.8 Å². The zero-order valence-electron chi connectivity index (χ0n) is 9.92. The van der Waals surface area contributed by atoms with E-state index in [2.05, 4.69) is 5.48 Å². The first-order valence-electron chi connectivity index (χ1n) is 5.21. The number of benzene rings is 1. The number of halogens is 4. The minimum Gasteiger partial charge on any atom is -0.285 e. The molecule has 7 heteroatoms. The van der Waals surface area contributed by atoms with Crippen molar-refractivity contribution in [2.75, 3.05) is 0 Å². The van der Waals surface area contributed by atoms with Crippen LogP contribution in [0.3, 0.4) is 0 Å². The van der Waals surface area contributed by atoms with E-state index >= 15 is 0 Å². The molecular formula is C12H11F4NO2. The average molecular weight is 277 g/mol. The molecule has 1 rings (SSSR count). The van der Waals surface area contributed by atoms with Gasteiger partial charge in [0.25, 0.3) is 5.78 Å². The van der Waals surface area contributed by atoms with Crippen molar-refractivity contribution in [2.24, 2.45) is 0 Å². The highest BCUT2D eigenvalue weighted by atomic mass is 19.4. The van der Waals surface area contributed by atoms with E-state index in [1.54, 1.807) is 0 Å². The van der Waals surface area contributed by atoms with Crippen LogP contribution in [0.5, 0.6) is 0 Å². The third-order valence-corrected chi connectivity index (χ3v) is 2.01. The van der Waals surface area contributed by atoms with Crippen molar-refractivity contribution >= 4 is 5.78 Å². The predicted octanol–water partition coefficient (Wildman–Crippen LogP) is 2.88. The summed E-state index contributed by atoms with van der Waals surface area (Å²) in [6, 6.07) is 5.40. The molecular weight excluding hydrogens is 266 g/mol. The van der Waals surface area contributed by atoms with Gasteiger partial charge < -0.3 is 0 Å². The minimum atomic E-state index is -4.90. The zero-order chi connectivity index (χ0) is 14.5. The quantitative estimate of drug-likeness (QED) is 0.511. The summed E-state index contributed by atoms with van der Waals surface area (Å²) in [5, 5.41) is 0. The molecule has 0 saturated carbocycles. The molecule has 0 spiro atoms. The van der Waals surface area contributed by atoms with Crippen LogP contribution in [0.15, 0.2) is 36.0 Å². The van der Waals surface area contributed by atoms with Crippen LogP contribution in [-0.2, 0) is 16.2 Å². The molecule has 1 N–H and O–H groups in total. The first-order valence-corrected chi connectivity index (χ1v) is 5.21. The van der Waals surface area contributed by atoms with E-state index in [0.717, 1.165) is 0 Å². The van der Waals surface area contributed by atoms with Crippen molar-refractivity contribution in [3.8, 4) is 0 Å². The van der Waals surface area contributed by atoms with Crippen molar-refractivity contribution in [3.63, 3.8) is 0 Å². The lowest BCUT2D eigenvalue weighted by molar-refractivity contribution is -0.165. The Bertz CT molecular complexity index is 466. The van der Waals surface area contributed by atoms with Crippen molar-refractivity contribution < 1.29 is 27.2 Å². The maximum atomic E-state index is 12.6. The van der Waals surface area contributed by atoms with Crippen LogP contribution in [0.2, 0.25) is 0 Å². The molecule has 0 aliphatic heterocycles. The highest BCUT2D eigenvalue weighted by Gasteiger charge is 2.36. The summed E-state index contributed by atoms with van der Waals surface area (Å²) in [6.45, 7) is 1.28. The number of ketones is 1. The average Bonchev–Trinajstić information content (AvgIpc) is 2.30. The molecule has 0 heterocycles. The largest absolute Gasteiger partial charge is 0.454 e. The number of carbonyl (C=O) groups is 1. The number of hydrogen-bond acceptors (Lipinski definition) is 3. The minimum absolute atomic E-state index is 0.0195. The lowest BCUT2D eigenvalue weighted by Crippen LogP contribution is -2.22. The number of hydroxylamine groups is 1. The zero-order valence-corrected chi connectivity index (χ0v) is 9.92. The molecule has 0 bridgehead atoms. The second-order valence-electron chi connectivity index (χ2n) is 3.71. The van der Waals surface area contributed by atoms with Gasteiger partial charge in [-0.15, -0.1) is 0 Å². The summed E-state index contributed by atoms with van der Waals surface area (Å²) in [6.07, 6.45) is -4.51. The molecule has 0 atom stereocenters. The Balaban J connectivity index is 2.43. The van der Waals surface area contributed by atoms with E-state index in [-0.39, 0.29) is 12.3 Å². The molecule has 0 unspecified atom stereocenters. The SMILES string of the molecule is CC(=CC(=O)C(F)(F)F)NOCc1ccc(F)cc1. The van der Waals surface area contributed by atoms with Crippen LogP contribution in [0.25, 0.3) is 0 Å². The monoisotopic (exact) mass is 277 g/mol. The van der Waals surface area contributed by atoms with Gasteiger partial charge in [-0.05, 0) is 24.6 Å². The van der Waals surface area contributed by atoms with Gasteiger partial charge in [0.05, 0.1) is 6.61 Å². The van der Waals surface area contributed by atoms with Crippen LogP contribution in [-0.4, -0.2) is 12.0 Å². The van der Waals surface area contributed by atoms with Gasteiger partial charge >= 0.3 is 6.18 Å². The third kappa shape index (κ3) is 5.52. The Morgan fingerprint density at radius 1 is 1.32 bits per heavy atom. The fourth-order valence-electron chi connectivity index (χ4n) is 1.12. The molecule has 0 fully saturated rings. The van der Waals surface area contributed by atoms with Crippen molar-refractivity contribution in [2.45, 2.75) is 19.7 Å². The molecule has 19 heavy (non-hydrogen) atoms. The van der Waals surface area contributed by atoms with Gasteiger partial charge in [0.1, 0.15) is 5.82 Å². The fourth-order valence-corrected chi connectivity index (χ4v) is 1.12. The Morgan fingerprint density at radius 2 is 1.89 bits per heavy atom. The maximum absolute atomic E-state index is 12.6. The highest BCUT2D eigenvalue weighted by molar-refractivity contribution is 5.94. The summed E-state index contributed by atoms with van der Waals surface area (Å²) in [5.41, 5.74) is 2.74. The topological polar surface area (TPSA) is 38.3 Å². The molecule has 104 valence electrons. The van der Waals surface area contributed by atoms with Crippen LogP contribution >= 0.6 is 0 Å².